The van der Waals surface area contributed by atoms with Crippen molar-refractivity contribution in [1.82, 2.24) is 10.6 Å². The van der Waals surface area contributed by atoms with Crippen molar-refractivity contribution in [3.05, 3.63) is 29.8 Å². The van der Waals surface area contributed by atoms with E-state index in [1.54, 1.807) is 18.2 Å². The number of benzene rings is 1. The topological polar surface area (TPSA) is 108 Å². The van der Waals surface area contributed by atoms with Gasteiger partial charge in [0.15, 0.2) is 0 Å². The lowest BCUT2D eigenvalue weighted by Crippen LogP contribution is -2.42. The lowest BCUT2D eigenvalue weighted by molar-refractivity contribution is -0.139. The highest BCUT2D eigenvalue weighted by atomic mass is 16.4. The lowest BCUT2D eigenvalue weighted by atomic mass is 10.1. The minimum atomic E-state index is -1.02. The predicted molar refractivity (Wildman–Crippen MR) is 85.3 cm³/mol. The van der Waals surface area contributed by atoms with Crippen molar-refractivity contribution in [2.24, 2.45) is 5.92 Å². The SMILES string of the molecule is CC(C)NC(=O)Nc1cccc(C(=O)NC(C(=O)O)C2CC2)c1. The molecule has 1 aromatic rings. The Balaban J connectivity index is 2.02. The van der Waals surface area contributed by atoms with Gasteiger partial charge in [-0.25, -0.2) is 9.59 Å². The molecule has 1 unspecified atom stereocenters. The molecule has 1 aromatic carbocycles. The first-order valence-corrected chi connectivity index (χ1v) is 7.58. The molecule has 0 bridgehead atoms. The van der Waals surface area contributed by atoms with Crippen LogP contribution >= 0.6 is 0 Å². The van der Waals surface area contributed by atoms with E-state index in [9.17, 15) is 14.4 Å². The summed E-state index contributed by atoms with van der Waals surface area (Å²) in [6, 6.07) is 5.16. The summed E-state index contributed by atoms with van der Waals surface area (Å²) in [5, 5.41) is 17.0. The molecule has 1 aliphatic carbocycles. The highest BCUT2D eigenvalue weighted by Crippen LogP contribution is 2.32. The Morgan fingerprint density at radius 1 is 1.17 bits per heavy atom. The van der Waals surface area contributed by atoms with Gasteiger partial charge in [0.05, 0.1) is 0 Å². The van der Waals surface area contributed by atoms with E-state index in [1.165, 1.54) is 6.07 Å². The molecule has 0 heterocycles. The van der Waals surface area contributed by atoms with E-state index >= 15 is 0 Å². The van der Waals surface area contributed by atoms with Crippen LogP contribution in [0.3, 0.4) is 0 Å². The lowest BCUT2D eigenvalue weighted by Gasteiger charge is -2.14. The fourth-order valence-electron chi connectivity index (χ4n) is 2.20. The summed E-state index contributed by atoms with van der Waals surface area (Å²) < 4.78 is 0. The minimum Gasteiger partial charge on any atom is -0.480 e. The predicted octanol–water partition coefficient (Wildman–Crippen LogP) is 1.81. The quantitative estimate of drug-likeness (QED) is 0.641. The monoisotopic (exact) mass is 319 g/mol. The first-order valence-electron chi connectivity index (χ1n) is 7.58. The molecule has 0 radical (unpaired) electrons. The minimum absolute atomic E-state index is 0.00338. The Hall–Kier alpha value is -2.57. The summed E-state index contributed by atoms with van der Waals surface area (Å²) >= 11 is 0. The van der Waals surface area contributed by atoms with Gasteiger partial charge in [0.2, 0.25) is 0 Å². The second-order valence-electron chi connectivity index (χ2n) is 5.96. The van der Waals surface area contributed by atoms with Gasteiger partial charge in [0, 0.05) is 17.3 Å². The number of rotatable bonds is 6. The van der Waals surface area contributed by atoms with Gasteiger partial charge in [0.1, 0.15) is 6.04 Å². The Labute approximate surface area is 134 Å². The van der Waals surface area contributed by atoms with Crippen LogP contribution in [0.1, 0.15) is 37.0 Å². The Bertz CT molecular complexity index is 611. The molecule has 0 saturated heterocycles. The fourth-order valence-corrected chi connectivity index (χ4v) is 2.20. The molecule has 7 heteroatoms. The third-order valence-corrected chi connectivity index (χ3v) is 3.45. The van der Waals surface area contributed by atoms with Gasteiger partial charge in [-0.3, -0.25) is 4.79 Å². The fraction of sp³-hybridized carbons (Fsp3) is 0.438. The van der Waals surface area contributed by atoms with Crippen molar-refractivity contribution >= 4 is 23.6 Å². The van der Waals surface area contributed by atoms with Crippen molar-refractivity contribution in [2.75, 3.05) is 5.32 Å². The van der Waals surface area contributed by atoms with Crippen LogP contribution in [0.25, 0.3) is 0 Å². The summed E-state index contributed by atoms with van der Waals surface area (Å²) in [4.78, 5) is 35.1. The molecule has 0 spiro atoms. The number of hydrogen-bond acceptors (Lipinski definition) is 3. The third-order valence-electron chi connectivity index (χ3n) is 3.45. The normalized spacial score (nSPS) is 14.9. The number of carboxylic acid groups (broad SMARTS) is 1. The number of aliphatic carboxylic acids is 1. The number of hydrogen-bond donors (Lipinski definition) is 4. The van der Waals surface area contributed by atoms with Gasteiger partial charge in [-0.1, -0.05) is 6.07 Å². The van der Waals surface area contributed by atoms with E-state index in [4.69, 9.17) is 5.11 Å². The standard InChI is InChI=1S/C16H21N3O4/c1-9(2)17-16(23)18-12-5-3-4-11(8-12)14(20)19-13(15(21)22)10-6-7-10/h3-5,8-10,13H,6-7H2,1-2H3,(H,19,20)(H,21,22)(H2,17,18,23). The Morgan fingerprint density at radius 2 is 1.87 bits per heavy atom. The van der Waals surface area contributed by atoms with Gasteiger partial charge in [-0.15, -0.1) is 0 Å². The van der Waals surface area contributed by atoms with E-state index in [0.29, 0.717) is 11.3 Å². The number of carbonyl (C=O) groups is 3. The van der Waals surface area contributed by atoms with Crippen LogP contribution in [0.4, 0.5) is 10.5 Å². The average Bonchev–Trinajstić information content (AvgIpc) is 3.27. The smallest absolute Gasteiger partial charge is 0.326 e. The van der Waals surface area contributed by atoms with Crippen molar-refractivity contribution in [1.29, 1.82) is 0 Å². The van der Waals surface area contributed by atoms with Crippen LogP contribution in [-0.2, 0) is 4.79 Å². The van der Waals surface area contributed by atoms with Crippen LogP contribution in [0.2, 0.25) is 0 Å². The average molecular weight is 319 g/mol. The van der Waals surface area contributed by atoms with Gasteiger partial charge in [-0.2, -0.15) is 0 Å². The zero-order valence-electron chi connectivity index (χ0n) is 13.1. The maximum absolute atomic E-state index is 12.2. The summed E-state index contributed by atoms with van der Waals surface area (Å²) in [6.45, 7) is 3.68. The molecular formula is C16H21N3O4. The molecule has 7 nitrogen and oxygen atoms in total. The second-order valence-corrected chi connectivity index (χ2v) is 5.96. The van der Waals surface area contributed by atoms with Crippen molar-refractivity contribution in [3.8, 4) is 0 Å². The zero-order valence-corrected chi connectivity index (χ0v) is 13.1. The van der Waals surface area contributed by atoms with E-state index in [1.807, 2.05) is 13.8 Å². The first-order chi connectivity index (χ1) is 10.9. The second kappa shape index (κ2) is 7.13. The molecule has 0 aromatic heterocycles. The van der Waals surface area contributed by atoms with Gasteiger partial charge >= 0.3 is 12.0 Å². The first kappa shape index (κ1) is 16.8. The van der Waals surface area contributed by atoms with Crippen molar-refractivity contribution < 1.29 is 19.5 Å². The number of nitrogens with one attached hydrogen (secondary N) is 3. The number of carboxylic acids is 1. The number of anilines is 1. The van der Waals surface area contributed by atoms with Crippen LogP contribution in [0, 0.1) is 5.92 Å². The van der Waals surface area contributed by atoms with E-state index in [0.717, 1.165) is 12.8 Å². The molecule has 4 N–H and O–H groups in total. The summed E-state index contributed by atoms with van der Waals surface area (Å²) in [7, 11) is 0. The number of urea groups is 1. The highest BCUT2D eigenvalue weighted by Gasteiger charge is 2.37. The molecule has 1 saturated carbocycles. The van der Waals surface area contributed by atoms with Crippen LogP contribution in [0.5, 0.6) is 0 Å². The molecule has 3 amide bonds. The maximum Gasteiger partial charge on any atom is 0.326 e. The molecule has 1 aliphatic rings. The van der Waals surface area contributed by atoms with Crippen LogP contribution < -0.4 is 16.0 Å². The maximum atomic E-state index is 12.2. The van der Waals surface area contributed by atoms with E-state index in [-0.39, 0.29) is 18.0 Å². The van der Waals surface area contributed by atoms with Crippen molar-refractivity contribution in [3.63, 3.8) is 0 Å². The molecule has 0 aliphatic heterocycles. The Morgan fingerprint density at radius 3 is 2.43 bits per heavy atom. The summed E-state index contributed by atoms with van der Waals surface area (Å²) in [5.74, 6) is -1.47. The largest absolute Gasteiger partial charge is 0.480 e. The van der Waals surface area contributed by atoms with Crippen molar-refractivity contribution in [2.45, 2.75) is 38.8 Å². The Kier molecular flexibility index (Phi) is 5.20. The molecule has 1 fully saturated rings. The number of carbonyl (C=O) groups excluding carboxylic acids is 2. The number of amides is 3. The molecule has 124 valence electrons. The molecule has 2 rings (SSSR count). The van der Waals surface area contributed by atoms with Crippen LogP contribution in [-0.4, -0.2) is 35.1 Å². The van der Waals surface area contributed by atoms with Gasteiger partial charge < -0.3 is 21.1 Å². The summed E-state index contributed by atoms with van der Waals surface area (Å²) in [6.07, 6.45) is 1.63. The summed E-state index contributed by atoms with van der Waals surface area (Å²) in [5.41, 5.74) is 0.772. The van der Waals surface area contributed by atoms with Gasteiger partial charge in [0.25, 0.3) is 5.91 Å². The zero-order chi connectivity index (χ0) is 17.0. The van der Waals surface area contributed by atoms with E-state index < -0.39 is 17.9 Å². The molecule has 1 atom stereocenters. The third kappa shape index (κ3) is 4.98. The van der Waals surface area contributed by atoms with E-state index in [2.05, 4.69) is 16.0 Å². The van der Waals surface area contributed by atoms with Gasteiger partial charge in [-0.05, 0) is 50.8 Å². The molecular weight excluding hydrogens is 298 g/mol. The molecule has 23 heavy (non-hydrogen) atoms. The highest BCUT2D eigenvalue weighted by molar-refractivity contribution is 5.98. The van der Waals surface area contributed by atoms with Crippen LogP contribution in [0.15, 0.2) is 24.3 Å².